The molecular weight excluding hydrogens is 356 g/mol. The number of halogens is 2. The maximum Gasteiger partial charge on any atom is 0.0908 e. The fourth-order valence-corrected chi connectivity index (χ4v) is 3.79. The summed E-state index contributed by atoms with van der Waals surface area (Å²) in [5.74, 6) is 0. The molecule has 0 radical (unpaired) electrons. The molecule has 0 saturated carbocycles. The van der Waals surface area contributed by atoms with Gasteiger partial charge in [-0.05, 0) is 53.2 Å². The zero-order chi connectivity index (χ0) is 14.1. The molecule has 102 valence electrons. The average molecular weight is 368 g/mol. The lowest BCUT2D eigenvalue weighted by atomic mass is 10.1. The zero-order valence-electron chi connectivity index (χ0n) is 10.7. The van der Waals surface area contributed by atoms with Crippen LogP contribution in [0.4, 0.5) is 5.69 Å². The van der Waals surface area contributed by atoms with E-state index in [1.54, 1.807) is 17.5 Å². The highest BCUT2D eigenvalue weighted by atomic mass is 79.9. The van der Waals surface area contributed by atoms with Crippen LogP contribution in [0.5, 0.6) is 0 Å². The van der Waals surface area contributed by atoms with Crippen molar-refractivity contribution in [2.75, 3.05) is 5.32 Å². The Balaban J connectivity index is 1.97. The summed E-state index contributed by atoms with van der Waals surface area (Å²) in [5, 5.41) is 7.35. The Morgan fingerprint density at radius 3 is 2.95 bits per heavy atom. The minimum Gasteiger partial charge on any atom is -0.377 e. The van der Waals surface area contributed by atoms with Crippen LogP contribution in [-0.4, -0.2) is 4.98 Å². The Morgan fingerprint density at radius 2 is 2.20 bits per heavy atom. The minimum absolute atomic E-state index is 0.232. The summed E-state index contributed by atoms with van der Waals surface area (Å²) in [6.45, 7) is 2.15. The van der Waals surface area contributed by atoms with Crippen molar-refractivity contribution in [3.63, 3.8) is 0 Å². The summed E-state index contributed by atoms with van der Waals surface area (Å²) in [4.78, 5) is 5.63. The third kappa shape index (κ3) is 2.68. The molecule has 3 rings (SSSR count). The summed E-state index contributed by atoms with van der Waals surface area (Å²) in [6, 6.07) is 10.2. The highest BCUT2D eigenvalue weighted by Crippen LogP contribution is 2.32. The van der Waals surface area contributed by atoms with Gasteiger partial charge in [-0.1, -0.05) is 11.6 Å². The van der Waals surface area contributed by atoms with Crippen molar-refractivity contribution in [3.8, 4) is 0 Å². The Labute approximate surface area is 134 Å². The quantitative estimate of drug-likeness (QED) is 0.624. The summed E-state index contributed by atoms with van der Waals surface area (Å²) in [5.41, 5.74) is 1.88. The largest absolute Gasteiger partial charge is 0.377 e. The molecule has 2 heterocycles. The lowest BCUT2D eigenvalue weighted by Crippen LogP contribution is -2.05. The molecule has 1 unspecified atom stereocenters. The van der Waals surface area contributed by atoms with Gasteiger partial charge in [0.2, 0.25) is 0 Å². The predicted octanol–water partition coefficient (Wildman–Crippen LogP) is 5.89. The first-order valence-electron chi connectivity index (χ1n) is 6.19. The second-order valence-electron chi connectivity index (χ2n) is 4.53. The van der Waals surface area contributed by atoms with E-state index < -0.39 is 0 Å². The maximum absolute atomic E-state index is 6.19. The van der Waals surface area contributed by atoms with Crippen LogP contribution < -0.4 is 5.32 Å². The van der Waals surface area contributed by atoms with E-state index >= 15 is 0 Å². The first-order valence-corrected chi connectivity index (χ1v) is 8.24. The molecule has 2 aromatic heterocycles. The molecular formula is C15H12BrClN2S. The van der Waals surface area contributed by atoms with Gasteiger partial charge in [0, 0.05) is 32.0 Å². The molecule has 0 aliphatic heterocycles. The van der Waals surface area contributed by atoms with E-state index in [-0.39, 0.29) is 6.04 Å². The van der Waals surface area contributed by atoms with Gasteiger partial charge in [-0.25, -0.2) is 0 Å². The van der Waals surface area contributed by atoms with E-state index in [4.69, 9.17) is 11.6 Å². The van der Waals surface area contributed by atoms with Crippen molar-refractivity contribution in [3.05, 3.63) is 56.3 Å². The minimum atomic E-state index is 0.232. The smallest absolute Gasteiger partial charge is 0.0908 e. The molecule has 2 nitrogen and oxygen atoms in total. The summed E-state index contributed by atoms with van der Waals surface area (Å²) >= 11 is 11.4. The summed E-state index contributed by atoms with van der Waals surface area (Å²) in [6.07, 6.45) is 1.76. The fraction of sp³-hybridized carbons (Fsp3) is 0.133. The van der Waals surface area contributed by atoms with Gasteiger partial charge in [-0.3, -0.25) is 4.98 Å². The number of hydrogen-bond donors (Lipinski definition) is 1. The van der Waals surface area contributed by atoms with Gasteiger partial charge in [0.1, 0.15) is 0 Å². The van der Waals surface area contributed by atoms with E-state index in [2.05, 4.69) is 44.6 Å². The molecule has 0 fully saturated rings. The van der Waals surface area contributed by atoms with Crippen LogP contribution >= 0.6 is 38.9 Å². The van der Waals surface area contributed by atoms with Crippen molar-refractivity contribution in [1.29, 1.82) is 0 Å². The molecule has 0 spiro atoms. The van der Waals surface area contributed by atoms with Crippen LogP contribution in [0.1, 0.15) is 17.8 Å². The Morgan fingerprint density at radius 1 is 1.35 bits per heavy atom. The number of hydrogen-bond acceptors (Lipinski definition) is 3. The summed E-state index contributed by atoms with van der Waals surface area (Å²) < 4.78 is 1.12. The Hall–Kier alpha value is -1.10. The predicted molar refractivity (Wildman–Crippen MR) is 90.8 cm³/mol. The number of aromatic nitrogens is 1. The number of nitrogens with one attached hydrogen (secondary N) is 1. The van der Waals surface area contributed by atoms with Gasteiger partial charge in [0.05, 0.1) is 16.6 Å². The SMILES string of the molecule is CC(Nc1ccc(Cl)c2ncccc12)c1cc(Br)cs1. The van der Waals surface area contributed by atoms with Gasteiger partial charge < -0.3 is 5.32 Å². The molecule has 20 heavy (non-hydrogen) atoms. The monoisotopic (exact) mass is 366 g/mol. The van der Waals surface area contributed by atoms with Crippen LogP contribution in [0, 0.1) is 0 Å². The van der Waals surface area contributed by atoms with Crippen LogP contribution in [0.15, 0.2) is 46.4 Å². The number of pyridine rings is 1. The van der Waals surface area contributed by atoms with Crippen molar-refractivity contribution in [1.82, 2.24) is 4.98 Å². The second-order valence-corrected chi connectivity index (χ2v) is 6.79. The number of rotatable bonds is 3. The molecule has 0 saturated heterocycles. The highest BCUT2D eigenvalue weighted by molar-refractivity contribution is 9.10. The number of benzene rings is 1. The first-order chi connectivity index (χ1) is 9.65. The highest BCUT2D eigenvalue weighted by Gasteiger charge is 2.11. The number of anilines is 1. The molecule has 0 aliphatic carbocycles. The number of thiophene rings is 1. The molecule has 0 bridgehead atoms. The second kappa shape index (κ2) is 5.72. The van der Waals surface area contributed by atoms with Gasteiger partial charge in [0.15, 0.2) is 0 Å². The third-order valence-corrected chi connectivity index (χ3v) is 5.29. The lowest BCUT2D eigenvalue weighted by Gasteiger charge is -2.16. The van der Waals surface area contributed by atoms with E-state index in [1.807, 2.05) is 24.3 Å². The van der Waals surface area contributed by atoms with E-state index in [9.17, 15) is 0 Å². The van der Waals surface area contributed by atoms with Crippen LogP contribution in [0.25, 0.3) is 10.9 Å². The van der Waals surface area contributed by atoms with Crippen molar-refractivity contribution in [2.24, 2.45) is 0 Å². The Bertz CT molecular complexity index is 756. The van der Waals surface area contributed by atoms with Gasteiger partial charge >= 0.3 is 0 Å². The molecule has 3 aromatic rings. The maximum atomic E-state index is 6.19. The molecule has 0 aliphatic rings. The van der Waals surface area contributed by atoms with Crippen LogP contribution in [-0.2, 0) is 0 Å². The first kappa shape index (κ1) is 13.9. The fourth-order valence-electron chi connectivity index (χ4n) is 2.12. The van der Waals surface area contributed by atoms with Crippen LogP contribution in [0.3, 0.4) is 0 Å². The normalized spacial score (nSPS) is 12.6. The standard InChI is InChI=1S/C15H12BrClN2S/c1-9(14-7-10(16)8-20-14)19-13-5-4-12(17)15-11(13)3-2-6-18-15/h2-9,19H,1H3. The third-order valence-electron chi connectivity index (χ3n) is 3.11. The molecule has 5 heteroatoms. The topological polar surface area (TPSA) is 24.9 Å². The number of fused-ring (bicyclic) bond motifs is 1. The average Bonchev–Trinajstić information content (AvgIpc) is 2.89. The van der Waals surface area contributed by atoms with Crippen molar-refractivity contribution >= 4 is 55.5 Å². The number of nitrogens with zero attached hydrogens (tertiary/aromatic N) is 1. The molecule has 0 amide bonds. The lowest BCUT2D eigenvalue weighted by molar-refractivity contribution is 0.910. The van der Waals surface area contributed by atoms with Crippen LogP contribution in [0.2, 0.25) is 5.02 Å². The zero-order valence-corrected chi connectivity index (χ0v) is 13.9. The van der Waals surface area contributed by atoms with Gasteiger partial charge in [-0.2, -0.15) is 0 Å². The van der Waals surface area contributed by atoms with E-state index in [1.165, 1.54) is 4.88 Å². The van der Waals surface area contributed by atoms with Gasteiger partial charge in [0.25, 0.3) is 0 Å². The molecule has 1 atom stereocenters. The Kier molecular flexibility index (Phi) is 3.96. The van der Waals surface area contributed by atoms with E-state index in [0.717, 1.165) is 21.1 Å². The van der Waals surface area contributed by atoms with Gasteiger partial charge in [-0.15, -0.1) is 11.3 Å². The summed E-state index contributed by atoms with van der Waals surface area (Å²) in [7, 11) is 0. The van der Waals surface area contributed by atoms with Crippen molar-refractivity contribution in [2.45, 2.75) is 13.0 Å². The molecule has 1 aromatic carbocycles. The molecule has 1 N–H and O–H groups in total. The van der Waals surface area contributed by atoms with Crippen molar-refractivity contribution < 1.29 is 0 Å². The van der Waals surface area contributed by atoms with E-state index in [0.29, 0.717) is 5.02 Å².